The Hall–Kier alpha value is -1.89. The number of nitrogens with zero attached hydrogens (tertiary/aromatic N) is 3. The van der Waals surface area contributed by atoms with Gasteiger partial charge in [0.2, 0.25) is 0 Å². The van der Waals surface area contributed by atoms with Crippen molar-refractivity contribution in [1.82, 2.24) is 14.1 Å². The van der Waals surface area contributed by atoms with Gasteiger partial charge < -0.3 is 10.3 Å². The molecule has 2 heterocycles. The first kappa shape index (κ1) is 15.5. The van der Waals surface area contributed by atoms with Crippen molar-refractivity contribution in [3.63, 3.8) is 0 Å². The Labute approximate surface area is 130 Å². The summed E-state index contributed by atoms with van der Waals surface area (Å²) >= 11 is 3.43. The topological polar surface area (TPSA) is 82.9 Å². The highest BCUT2D eigenvalue weighted by Gasteiger charge is 2.09. The van der Waals surface area contributed by atoms with Gasteiger partial charge in [0.25, 0.3) is 5.56 Å². The predicted octanol–water partition coefficient (Wildman–Crippen LogP) is 1.46. The van der Waals surface area contributed by atoms with Gasteiger partial charge in [-0.05, 0) is 42.3 Å². The monoisotopic (exact) mass is 352 g/mol. The van der Waals surface area contributed by atoms with Gasteiger partial charge in [0, 0.05) is 36.7 Å². The lowest BCUT2D eigenvalue weighted by Crippen LogP contribution is -2.27. The second-order valence-corrected chi connectivity index (χ2v) is 5.67. The van der Waals surface area contributed by atoms with Gasteiger partial charge in [-0.15, -0.1) is 0 Å². The summed E-state index contributed by atoms with van der Waals surface area (Å²) < 4.78 is 3.99. The number of nitrogens with two attached hydrogens (primary N) is 1. The Kier molecular flexibility index (Phi) is 4.62. The molecule has 21 heavy (non-hydrogen) atoms. The minimum atomic E-state index is -0.270. The van der Waals surface area contributed by atoms with Crippen molar-refractivity contribution in [3.05, 3.63) is 55.0 Å². The molecule has 0 atom stereocenters. The molecule has 0 unspecified atom stereocenters. The van der Waals surface area contributed by atoms with Gasteiger partial charge in [-0.2, -0.15) is 4.98 Å². The summed E-state index contributed by atoms with van der Waals surface area (Å²) in [7, 11) is 0. The van der Waals surface area contributed by atoms with Gasteiger partial charge in [0.1, 0.15) is 0 Å². The zero-order valence-corrected chi connectivity index (χ0v) is 13.6. The van der Waals surface area contributed by atoms with Crippen molar-refractivity contribution in [2.75, 3.05) is 5.73 Å². The van der Waals surface area contributed by atoms with Crippen LogP contribution in [0.2, 0.25) is 0 Å². The first-order valence-electron chi connectivity index (χ1n) is 6.59. The average molecular weight is 353 g/mol. The van der Waals surface area contributed by atoms with E-state index in [4.69, 9.17) is 5.73 Å². The van der Waals surface area contributed by atoms with Gasteiger partial charge in [0.05, 0.1) is 10.2 Å². The number of hydrogen-bond donors (Lipinski definition) is 1. The number of aromatic nitrogens is 3. The van der Waals surface area contributed by atoms with E-state index in [-0.39, 0.29) is 11.2 Å². The summed E-state index contributed by atoms with van der Waals surface area (Å²) in [6, 6.07) is 3.02. The highest BCUT2D eigenvalue weighted by atomic mass is 79.9. The predicted molar refractivity (Wildman–Crippen MR) is 85.4 cm³/mol. The van der Waals surface area contributed by atoms with Crippen LogP contribution in [0.3, 0.4) is 0 Å². The lowest BCUT2D eigenvalue weighted by molar-refractivity contribution is 0.526. The van der Waals surface area contributed by atoms with E-state index in [1.165, 1.54) is 6.07 Å². The van der Waals surface area contributed by atoms with Crippen molar-refractivity contribution >= 4 is 21.6 Å². The molecule has 6 nitrogen and oxygen atoms in total. The van der Waals surface area contributed by atoms with Crippen LogP contribution >= 0.6 is 15.9 Å². The van der Waals surface area contributed by atoms with Gasteiger partial charge in [-0.1, -0.05) is 0 Å². The molecule has 2 rings (SSSR count). The van der Waals surface area contributed by atoms with Crippen LogP contribution in [-0.2, 0) is 13.1 Å². The van der Waals surface area contributed by atoms with Crippen molar-refractivity contribution < 1.29 is 0 Å². The number of pyridine rings is 1. The first-order chi connectivity index (χ1) is 9.90. The zero-order valence-electron chi connectivity index (χ0n) is 12.0. The van der Waals surface area contributed by atoms with E-state index in [0.717, 1.165) is 10.2 Å². The molecule has 0 spiro atoms. The number of rotatable bonds is 4. The lowest BCUT2D eigenvalue weighted by Gasteiger charge is -2.12. The SMILES string of the molecule is Cc1nc(=O)n(CCCn2cc(N)ccc2=O)c(C)c1Br. The summed E-state index contributed by atoms with van der Waals surface area (Å²) in [5.41, 5.74) is 7.36. The summed E-state index contributed by atoms with van der Waals surface area (Å²) in [6.07, 6.45) is 2.25. The fourth-order valence-corrected chi connectivity index (χ4v) is 2.47. The van der Waals surface area contributed by atoms with E-state index in [1.807, 2.05) is 6.92 Å². The van der Waals surface area contributed by atoms with Crippen LogP contribution in [0.4, 0.5) is 5.69 Å². The molecule has 2 aromatic rings. The smallest absolute Gasteiger partial charge is 0.348 e. The van der Waals surface area contributed by atoms with Crippen molar-refractivity contribution in [3.8, 4) is 0 Å². The maximum Gasteiger partial charge on any atom is 0.348 e. The molecule has 0 aliphatic carbocycles. The third-order valence-electron chi connectivity index (χ3n) is 3.32. The van der Waals surface area contributed by atoms with Crippen LogP contribution in [0.5, 0.6) is 0 Å². The molecule has 0 saturated carbocycles. The van der Waals surface area contributed by atoms with E-state index in [0.29, 0.717) is 30.9 Å². The fourth-order valence-electron chi connectivity index (χ4n) is 2.16. The van der Waals surface area contributed by atoms with Crippen LogP contribution in [0, 0.1) is 13.8 Å². The van der Waals surface area contributed by atoms with E-state index in [1.54, 1.807) is 28.3 Å². The molecule has 0 bridgehead atoms. The number of hydrogen-bond acceptors (Lipinski definition) is 4. The number of nitrogen functional groups attached to an aromatic ring is 1. The van der Waals surface area contributed by atoms with Crippen molar-refractivity contribution in [2.24, 2.45) is 0 Å². The van der Waals surface area contributed by atoms with Crippen LogP contribution in [-0.4, -0.2) is 14.1 Å². The second kappa shape index (κ2) is 6.26. The molecular weight excluding hydrogens is 336 g/mol. The highest BCUT2D eigenvalue weighted by Crippen LogP contribution is 2.16. The van der Waals surface area contributed by atoms with Crippen LogP contribution in [0.15, 0.2) is 32.4 Å². The van der Waals surface area contributed by atoms with E-state index < -0.39 is 0 Å². The standard InChI is InChI=1S/C14H17BrN4O2/c1-9-13(15)10(2)19(14(21)17-9)7-3-6-18-8-11(16)4-5-12(18)20/h4-5,8H,3,6-7,16H2,1-2H3. The third kappa shape index (κ3) is 3.41. The molecule has 112 valence electrons. The molecule has 7 heteroatoms. The summed E-state index contributed by atoms with van der Waals surface area (Å²) in [5.74, 6) is 0. The van der Waals surface area contributed by atoms with Crippen molar-refractivity contribution in [1.29, 1.82) is 0 Å². The lowest BCUT2D eigenvalue weighted by atomic mass is 10.3. The number of halogens is 1. The Bertz CT molecular complexity index is 780. The van der Waals surface area contributed by atoms with Gasteiger partial charge >= 0.3 is 5.69 Å². The maximum absolute atomic E-state index is 11.9. The van der Waals surface area contributed by atoms with Gasteiger partial charge in [0.15, 0.2) is 0 Å². The molecule has 0 aliphatic rings. The summed E-state index contributed by atoms with van der Waals surface area (Å²) in [4.78, 5) is 27.5. The van der Waals surface area contributed by atoms with Crippen LogP contribution in [0.1, 0.15) is 17.8 Å². The minimum absolute atomic E-state index is 0.100. The molecule has 2 aromatic heterocycles. The van der Waals surface area contributed by atoms with Crippen LogP contribution < -0.4 is 17.0 Å². The van der Waals surface area contributed by atoms with Gasteiger partial charge in [-0.3, -0.25) is 9.36 Å². The molecule has 0 radical (unpaired) electrons. The Balaban J connectivity index is 2.15. The molecule has 0 aliphatic heterocycles. The quantitative estimate of drug-likeness (QED) is 0.902. The van der Waals surface area contributed by atoms with Gasteiger partial charge in [-0.25, -0.2) is 4.79 Å². The third-order valence-corrected chi connectivity index (χ3v) is 4.47. The number of anilines is 1. The Morgan fingerprint density at radius 1 is 1.24 bits per heavy atom. The highest BCUT2D eigenvalue weighted by molar-refractivity contribution is 9.10. The van der Waals surface area contributed by atoms with E-state index >= 15 is 0 Å². The average Bonchev–Trinajstić information content (AvgIpc) is 2.44. The summed E-state index contributed by atoms with van der Waals surface area (Å²) in [6.45, 7) is 4.65. The van der Waals surface area contributed by atoms with Crippen molar-refractivity contribution in [2.45, 2.75) is 33.4 Å². The molecule has 2 N–H and O–H groups in total. The molecule has 0 amide bonds. The largest absolute Gasteiger partial charge is 0.398 e. The molecule has 0 fully saturated rings. The fraction of sp³-hybridized carbons (Fsp3) is 0.357. The minimum Gasteiger partial charge on any atom is -0.398 e. The Morgan fingerprint density at radius 2 is 1.95 bits per heavy atom. The second-order valence-electron chi connectivity index (χ2n) is 4.88. The maximum atomic E-state index is 11.9. The van der Waals surface area contributed by atoms with Crippen LogP contribution in [0.25, 0.3) is 0 Å². The first-order valence-corrected chi connectivity index (χ1v) is 7.39. The summed E-state index contributed by atoms with van der Waals surface area (Å²) in [5, 5.41) is 0. The van der Waals surface area contributed by atoms with E-state index in [9.17, 15) is 9.59 Å². The molecular formula is C14H17BrN4O2. The molecule has 0 saturated heterocycles. The molecule has 0 aromatic carbocycles. The van der Waals surface area contributed by atoms with E-state index in [2.05, 4.69) is 20.9 Å². The zero-order chi connectivity index (χ0) is 15.6. The Morgan fingerprint density at radius 3 is 2.67 bits per heavy atom. The normalized spacial score (nSPS) is 10.8. The number of aryl methyl sites for hydroxylation is 2.